The minimum atomic E-state index is -0.466. The van der Waals surface area contributed by atoms with E-state index in [9.17, 15) is 4.79 Å². The van der Waals surface area contributed by atoms with Crippen LogP contribution in [0.25, 0.3) is 0 Å². The number of carbonyl (C=O) groups is 1. The van der Waals surface area contributed by atoms with Crippen LogP contribution in [0.2, 0.25) is 0 Å². The van der Waals surface area contributed by atoms with Crippen molar-refractivity contribution in [3.63, 3.8) is 0 Å². The van der Waals surface area contributed by atoms with Crippen LogP contribution in [-0.2, 0) is 4.74 Å². The highest BCUT2D eigenvalue weighted by atomic mass is 79.9. The highest BCUT2D eigenvalue weighted by Gasteiger charge is 2.14. The van der Waals surface area contributed by atoms with Crippen molar-refractivity contribution in [3.8, 4) is 0 Å². The number of hydrogen-bond acceptors (Lipinski definition) is 3. The monoisotopic (exact) mass is 318 g/mol. The number of nitrogens with two attached hydrogens (primary N) is 1. The number of nitrogens with zero attached hydrogens (tertiary/aromatic N) is 1. The molecule has 92 valence electrons. The van der Waals surface area contributed by atoms with E-state index in [2.05, 4.69) is 25.7 Å². The molecule has 0 radical (unpaired) electrons. The molecule has 0 aromatic heterocycles. The topological polar surface area (TPSA) is 64.7 Å². The van der Waals surface area contributed by atoms with Crippen LogP contribution in [-0.4, -0.2) is 24.8 Å². The average Bonchev–Trinajstić information content (AvgIpc) is 2.32. The quantitative estimate of drug-likeness (QED) is 0.403. The van der Waals surface area contributed by atoms with E-state index >= 15 is 0 Å². The van der Waals surface area contributed by atoms with Gasteiger partial charge >= 0.3 is 5.97 Å². The number of rotatable bonds is 3. The fraction of sp³-hybridized carbons (Fsp3) is 0.273. The van der Waals surface area contributed by atoms with Gasteiger partial charge in [-0.3, -0.25) is 0 Å². The molecule has 1 aromatic rings. The molecule has 17 heavy (non-hydrogen) atoms. The summed E-state index contributed by atoms with van der Waals surface area (Å²) in [7, 11) is 1.31. The zero-order chi connectivity index (χ0) is 13.0. The third-order valence-electron chi connectivity index (χ3n) is 2.08. The van der Waals surface area contributed by atoms with Crippen LogP contribution in [0.3, 0.4) is 0 Å². The molecule has 0 aliphatic rings. The number of aliphatic imine (C=N–C) groups is 1. The molecule has 0 heterocycles. The molecule has 0 unspecified atom stereocenters. The van der Waals surface area contributed by atoms with Gasteiger partial charge < -0.3 is 10.5 Å². The molecular weight excluding hydrogens is 307 g/mol. The fourth-order valence-corrected chi connectivity index (χ4v) is 1.62. The second-order valence-electron chi connectivity index (χ2n) is 3.35. The molecule has 0 aliphatic carbocycles. The van der Waals surface area contributed by atoms with Crippen LogP contribution >= 0.6 is 27.5 Å². The lowest BCUT2D eigenvalue weighted by Gasteiger charge is -2.07. The molecule has 0 atom stereocenters. The molecule has 1 aromatic carbocycles. The van der Waals surface area contributed by atoms with Crippen molar-refractivity contribution >= 4 is 45.0 Å². The summed E-state index contributed by atoms with van der Waals surface area (Å²) in [5.74, 6) is -0.110. The molecule has 0 bridgehead atoms. The summed E-state index contributed by atoms with van der Waals surface area (Å²) in [6.45, 7) is 1.89. The number of alkyl halides is 1. The standard InChI is InChI=1S/C11H12BrClN2O2/c1-6-3-9(15-10(14)5-13)7(4-8(6)12)11(16)17-2/h3-4H,5H2,1-2H3,(H2,14,15). The van der Waals surface area contributed by atoms with E-state index in [-0.39, 0.29) is 11.7 Å². The van der Waals surface area contributed by atoms with E-state index in [1.807, 2.05) is 6.92 Å². The van der Waals surface area contributed by atoms with Crippen molar-refractivity contribution in [2.24, 2.45) is 10.7 Å². The predicted octanol–water partition coefficient (Wildman–Crippen LogP) is 2.77. The second kappa shape index (κ2) is 6.02. The number of halogens is 2. The van der Waals surface area contributed by atoms with Crippen molar-refractivity contribution in [1.82, 2.24) is 0 Å². The summed E-state index contributed by atoms with van der Waals surface area (Å²) in [6.07, 6.45) is 0. The number of amidine groups is 1. The van der Waals surface area contributed by atoms with Gasteiger partial charge in [-0.05, 0) is 24.6 Å². The van der Waals surface area contributed by atoms with Gasteiger partial charge in [0, 0.05) is 4.47 Å². The van der Waals surface area contributed by atoms with E-state index in [4.69, 9.17) is 17.3 Å². The molecule has 6 heteroatoms. The van der Waals surface area contributed by atoms with Crippen LogP contribution in [0.4, 0.5) is 5.69 Å². The molecule has 0 amide bonds. The normalized spacial score (nSPS) is 11.4. The van der Waals surface area contributed by atoms with E-state index in [1.165, 1.54) is 7.11 Å². The van der Waals surface area contributed by atoms with E-state index < -0.39 is 5.97 Å². The smallest absolute Gasteiger partial charge is 0.340 e. The Hall–Kier alpha value is -1.07. The maximum Gasteiger partial charge on any atom is 0.340 e. The molecule has 0 saturated heterocycles. The molecule has 0 aliphatic heterocycles. The Balaban J connectivity index is 3.36. The van der Waals surface area contributed by atoms with Crippen LogP contribution in [0, 0.1) is 6.92 Å². The molecule has 4 nitrogen and oxygen atoms in total. The first kappa shape index (κ1) is 14.0. The Morgan fingerprint density at radius 3 is 2.76 bits per heavy atom. The van der Waals surface area contributed by atoms with E-state index in [0.717, 1.165) is 10.0 Å². The lowest BCUT2D eigenvalue weighted by molar-refractivity contribution is 0.0601. The maximum atomic E-state index is 11.6. The van der Waals surface area contributed by atoms with Gasteiger partial charge in [-0.2, -0.15) is 0 Å². The lowest BCUT2D eigenvalue weighted by atomic mass is 10.1. The number of aryl methyl sites for hydroxylation is 1. The molecule has 0 saturated carbocycles. The minimum Gasteiger partial charge on any atom is -0.465 e. The van der Waals surface area contributed by atoms with Crippen LogP contribution in [0.15, 0.2) is 21.6 Å². The van der Waals surface area contributed by atoms with E-state index in [1.54, 1.807) is 12.1 Å². The number of carbonyl (C=O) groups excluding carboxylic acids is 1. The maximum absolute atomic E-state index is 11.6. The Kier molecular flexibility index (Phi) is 4.96. The van der Waals surface area contributed by atoms with Crippen molar-refractivity contribution in [1.29, 1.82) is 0 Å². The first-order valence-corrected chi connectivity index (χ1v) is 6.09. The largest absolute Gasteiger partial charge is 0.465 e. The number of hydrogen-bond donors (Lipinski definition) is 1. The Labute approximate surface area is 113 Å². The summed E-state index contributed by atoms with van der Waals surface area (Å²) < 4.78 is 5.49. The number of esters is 1. The number of methoxy groups -OCH3 is 1. The summed E-state index contributed by atoms with van der Waals surface area (Å²) >= 11 is 8.90. The average molecular weight is 320 g/mol. The highest BCUT2D eigenvalue weighted by Crippen LogP contribution is 2.28. The summed E-state index contributed by atoms with van der Waals surface area (Å²) in [4.78, 5) is 15.7. The summed E-state index contributed by atoms with van der Waals surface area (Å²) in [5.41, 5.74) is 7.30. The first-order chi connectivity index (χ1) is 7.99. The van der Waals surface area contributed by atoms with Gasteiger partial charge in [0.2, 0.25) is 0 Å². The fourth-order valence-electron chi connectivity index (χ4n) is 1.22. The van der Waals surface area contributed by atoms with E-state index in [0.29, 0.717) is 11.3 Å². The molecule has 2 N–H and O–H groups in total. The summed E-state index contributed by atoms with van der Waals surface area (Å²) in [6, 6.07) is 3.40. The zero-order valence-electron chi connectivity index (χ0n) is 9.46. The third kappa shape index (κ3) is 3.44. The molecule has 0 fully saturated rings. The molecule has 0 spiro atoms. The lowest BCUT2D eigenvalue weighted by Crippen LogP contribution is -2.13. The number of ether oxygens (including phenoxy) is 1. The summed E-state index contributed by atoms with van der Waals surface area (Å²) in [5, 5.41) is 0. The first-order valence-electron chi connectivity index (χ1n) is 4.77. The molecule has 1 rings (SSSR count). The second-order valence-corrected chi connectivity index (χ2v) is 4.47. The van der Waals surface area contributed by atoms with Gasteiger partial charge in [0.25, 0.3) is 0 Å². The van der Waals surface area contributed by atoms with Gasteiger partial charge in [0.15, 0.2) is 0 Å². The predicted molar refractivity (Wildman–Crippen MR) is 72.2 cm³/mol. The Morgan fingerprint density at radius 1 is 1.59 bits per heavy atom. The van der Waals surface area contributed by atoms with Crippen molar-refractivity contribution in [3.05, 3.63) is 27.7 Å². The minimum absolute atomic E-state index is 0.107. The van der Waals surface area contributed by atoms with Gasteiger partial charge in [-0.15, -0.1) is 11.6 Å². The van der Waals surface area contributed by atoms with Gasteiger partial charge in [-0.1, -0.05) is 15.9 Å². The SMILES string of the molecule is COC(=O)c1cc(Br)c(C)cc1N=C(N)CCl. The van der Waals surface area contributed by atoms with Crippen molar-refractivity contribution < 1.29 is 9.53 Å². The van der Waals surface area contributed by atoms with Crippen LogP contribution in [0.1, 0.15) is 15.9 Å². The Bertz CT molecular complexity index is 475. The Morgan fingerprint density at radius 2 is 2.24 bits per heavy atom. The highest BCUT2D eigenvalue weighted by molar-refractivity contribution is 9.10. The third-order valence-corrected chi connectivity index (χ3v) is 3.21. The van der Waals surface area contributed by atoms with Crippen molar-refractivity contribution in [2.75, 3.05) is 13.0 Å². The molecular formula is C11H12BrClN2O2. The number of benzene rings is 1. The van der Waals surface area contributed by atoms with Crippen LogP contribution in [0.5, 0.6) is 0 Å². The van der Waals surface area contributed by atoms with Gasteiger partial charge in [-0.25, -0.2) is 9.79 Å². The van der Waals surface area contributed by atoms with Crippen molar-refractivity contribution in [2.45, 2.75) is 6.92 Å². The van der Waals surface area contributed by atoms with Crippen LogP contribution < -0.4 is 5.73 Å². The van der Waals surface area contributed by atoms with Gasteiger partial charge in [0.1, 0.15) is 5.84 Å². The van der Waals surface area contributed by atoms with Gasteiger partial charge in [0.05, 0.1) is 24.2 Å². The zero-order valence-corrected chi connectivity index (χ0v) is 11.8.